The van der Waals surface area contributed by atoms with Crippen molar-refractivity contribution >= 4 is 5.97 Å². The molecule has 0 aliphatic heterocycles. The van der Waals surface area contributed by atoms with E-state index in [1.54, 1.807) is 19.1 Å². The molecular formula is C17H21FO2. The van der Waals surface area contributed by atoms with Crippen LogP contribution in [0.2, 0.25) is 0 Å². The lowest BCUT2D eigenvalue weighted by atomic mass is 9.87. The molecule has 3 heteroatoms. The smallest absolute Gasteiger partial charge is 0.335 e. The van der Waals surface area contributed by atoms with E-state index in [4.69, 9.17) is 5.11 Å². The molecule has 2 nitrogen and oxygen atoms in total. The van der Waals surface area contributed by atoms with Crippen LogP contribution in [0.15, 0.2) is 24.3 Å². The maximum Gasteiger partial charge on any atom is 0.335 e. The van der Waals surface area contributed by atoms with Crippen molar-refractivity contribution in [3.63, 3.8) is 0 Å². The summed E-state index contributed by atoms with van der Waals surface area (Å²) in [5.74, 6) is 4.91. The van der Waals surface area contributed by atoms with E-state index in [0.717, 1.165) is 12.8 Å². The van der Waals surface area contributed by atoms with Gasteiger partial charge in [0, 0.05) is 5.56 Å². The van der Waals surface area contributed by atoms with Gasteiger partial charge >= 0.3 is 5.97 Å². The minimum atomic E-state index is -0.970. The highest BCUT2D eigenvalue weighted by Gasteiger charge is 2.20. The normalized spacial score (nSPS) is 14.8. The highest BCUT2D eigenvalue weighted by atomic mass is 19.1. The van der Waals surface area contributed by atoms with Crippen LogP contribution in [-0.4, -0.2) is 17.2 Å². The number of halogens is 1. The second kappa shape index (κ2) is 7.69. The van der Waals surface area contributed by atoms with Gasteiger partial charge in [-0.3, -0.25) is 0 Å². The van der Waals surface area contributed by atoms with Crippen LogP contribution in [0, 0.1) is 23.7 Å². The number of hydrogen-bond acceptors (Lipinski definition) is 1. The maximum atomic E-state index is 13.6. The molecule has 0 amide bonds. The van der Waals surface area contributed by atoms with Crippen molar-refractivity contribution < 1.29 is 14.3 Å². The Labute approximate surface area is 120 Å². The topological polar surface area (TPSA) is 37.3 Å². The Morgan fingerprint density at radius 2 is 1.90 bits per heavy atom. The lowest BCUT2D eigenvalue weighted by molar-refractivity contribution is 0.0697. The average molecular weight is 276 g/mol. The van der Waals surface area contributed by atoms with E-state index in [1.807, 2.05) is 6.92 Å². The van der Waals surface area contributed by atoms with Gasteiger partial charge in [-0.05, 0) is 43.5 Å². The molecule has 1 aromatic rings. The fourth-order valence-electron chi connectivity index (χ4n) is 2.21. The van der Waals surface area contributed by atoms with Gasteiger partial charge in [-0.2, -0.15) is 0 Å². The molecule has 0 fully saturated rings. The van der Waals surface area contributed by atoms with Crippen LogP contribution in [0.25, 0.3) is 0 Å². The molecule has 20 heavy (non-hydrogen) atoms. The SMILES string of the molecule is CCCC(C)C(C#Cc1ccc(C(=O)O)cc1)C(C)F. The van der Waals surface area contributed by atoms with Crippen LogP contribution in [0.3, 0.4) is 0 Å². The largest absolute Gasteiger partial charge is 0.478 e. The highest BCUT2D eigenvalue weighted by molar-refractivity contribution is 5.87. The monoisotopic (exact) mass is 276 g/mol. The van der Waals surface area contributed by atoms with Crippen molar-refractivity contribution in [3.05, 3.63) is 35.4 Å². The summed E-state index contributed by atoms with van der Waals surface area (Å²) in [7, 11) is 0. The van der Waals surface area contributed by atoms with Gasteiger partial charge in [-0.15, -0.1) is 0 Å². The van der Waals surface area contributed by atoms with Crippen molar-refractivity contribution in [2.75, 3.05) is 0 Å². The lowest BCUT2D eigenvalue weighted by Gasteiger charge is -2.19. The summed E-state index contributed by atoms with van der Waals surface area (Å²) < 4.78 is 13.6. The van der Waals surface area contributed by atoms with Crippen LogP contribution in [0.4, 0.5) is 4.39 Å². The molecule has 108 valence electrons. The summed E-state index contributed by atoms with van der Waals surface area (Å²) in [5, 5.41) is 8.81. The van der Waals surface area contributed by atoms with E-state index in [0.29, 0.717) is 5.56 Å². The Morgan fingerprint density at radius 1 is 1.30 bits per heavy atom. The number of aromatic carboxylic acids is 1. The lowest BCUT2D eigenvalue weighted by Crippen LogP contribution is -2.19. The molecule has 0 saturated heterocycles. The number of benzene rings is 1. The molecule has 0 aliphatic carbocycles. The molecule has 0 saturated carbocycles. The molecule has 0 aliphatic rings. The van der Waals surface area contributed by atoms with E-state index < -0.39 is 12.1 Å². The molecule has 0 aromatic heterocycles. The number of hydrogen-bond donors (Lipinski definition) is 1. The Kier molecular flexibility index (Phi) is 6.24. The summed E-state index contributed by atoms with van der Waals surface area (Å²) in [4.78, 5) is 10.7. The predicted molar refractivity (Wildman–Crippen MR) is 78.4 cm³/mol. The van der Waals surface area contributed by atoms with Crippen molar-refractivity contribution in [1.29, 1.82) is 0 Å². The maximum absolute atomic E-state index is 13.6. The van der Waals surface area contributed by atoms with Crippen LogP contribution in [-0.2, 0) is 0 Å². The van der Waals surface area contributed by atoms with Gasteiger partial charge in [0.15, 0.2) is 0 Å². The molecule has 1 N–H and O–H groups in total. The molecule has 0 heterocycles. The third-order valence-electron chi connectivity index (χ3n) is 3.37. The minimum absolute atomic E-state index is 0.214. The van der Waals surface area contributed by atoms with Gasteiger partial charge in [-0.25, -0.2) is 9.18 Å². The standard InChI is InChI=1S/C17H21FO2/c1-4-5-12(2)16(13(3)18)11-8-14-6-9-15(10-7-14)17(19)20/h6-7,9-10,12-13,16H,4-5H2,1-3H3,(H,19,20). The van der Waals surface area contributed by atoms with Crippen molar-refractivity contribution in [1.82, 2.24) is 0 Å². The molecule has 0 bridgehead atoms. The first kappa shape index (κ1) is 16.2. The third kappa shape index (κ3) is 4.70. The van der Waals surface area contributed by atoms with Crippen molar-refractivity contribution in [2.45, 2.75) is 39.8 Å². The Morgan fingerprint density at radius 3 is 2.35 bits per heavy atom. The van der Waals surface area contributed by atoms with Crippen molar-refractivity contribution in [2.24, 2.45) is 11.8 Å². The summed E-state index contributed by atoms with van der Waals surface area (Å²) in [6.07, 6.45) is 0.993. The Bertz CT molecular complexity index is 494. The van der Waals surface area contributed by atoms with Crippen LogP contribution in [0.5, 0.6) is 0 Å². The number of carboxylic acids is 1. The fourth-order valence-corrected chi connectivity index (χ4v) is 2.21. The van der Waals surface area contributed by atoms with Crippen LogP contribution in [0.1, 0.15) is 49.5 Å². The molecule has 1 rings (SSSR count). The quantitative estimate of drug-likeness (QED) is 0.820. The predicted octanol–water partition coefficient (Wildman–Crippen LogP) is 4.15. The zero-order chi connectivity index (χ0) is 15.1. The Hall–Kier alpha value is -1.82. The number of alkyl halides is 1. The van der Waals surface area contributed by atoms with Crippen molar-refractivity contribution in [3.8, 4) is 11.8 Å². The summed E-state index contributed by atoms with van der Waals surface area (Å²) in [5.41, 5.74) is 0.939. The van der Waals surface area contributed by atoms with E-state index in [9.17, 15) is 9.18 Å². The van der Waals surface area contributed by atoms with Gasteiger partial charge in [0.2, 0.25) is 0 Å². The second-order valence-electron chi connectivity index (χ2n) is 5.12. The third-order valence-corrected chi connectivity index (χ3v) is 3.37. The first-order valence-corrected chi connectivity index (χ1v) is 6.94. The molecule has 3 unspecified atom stereocenters. The number of carbonyl (C=O) groups is 1. The first-order valence-electron chi connectivity index (χ1n) is 6.94. The fraction of sp³-hybridized carbons (Fsp3) is 0.471. The number of carboxylic acid groups (broad SMARTS) is 1. The van der Waals surface area contributed by atoms with Gasteiger partial charge in [0.1, 0.15) is 6.17 Å². The van der Waals surface area contributed by atoms with Gasteiger partial charge in [-0.1, -0.05) is 32.1 Å². The van der Waals surface area contributed by atoms with E-state index in [2.05, 4.69) is 18.8 Å². The van der Waals surface area contributed by atoms with E-state index in [-0.39, 0.29) is 17.4 Å². The van der Waals surface area contributed by atoms with E-state index >= 15 is 0 Å². The minimum Gasteiger partial charge on any atom is -0.478 e. The zero-order valence-corrected chi connectivity index (χ0v) is 12.2. The van der Waals surface area contributed by atoms with Crippen LogP contribution < -0.4 is 0 Å². The average Bonchev–Trinajstić information content (AvgIpc) is 2.39. The zero-order valence-electron chi connectivity index (χ0n) is 12.2. The molecule has 3 atom stereocenters. The van der Waals surface area contributed by atoms with Gasteiger partial charge in [0.05, 0.1) is 11.5 Å². The first-order chi connectivity index (χ1) is 9.45. The molecular weight excluding hydrogens is 255 g/mol. The highest BCUT2D eigenvalue weighted by Crippen LogP contribution is 2.22. The summed E-state index contributed by atoms with van der Waals surface area (Å²) in [6, 6.07) is 6.33. The number of rotatable bonds is 5. The van der Waals surface area contributed by atoms with Gasteiger partial charge < -0.3 is 5.11 Å². The van der Waals surface area contributed by atoms with E-state index in [1.165, 1.54) is 12.1 Å². The van der Waals surface area contributed by atoms with Crippen LogP contribution >= 0.6 is 0 Å². The Balaban J connectivity index is 2.86. The summed E-state index contributed by atoms with van der Waals surface area (Å²) >= 11 is 0. The van der Waals surface area contributed by atoms with Gasteiger partial charge in [0.25, 0.3) is 0 Å². The second-order valence-corrected chi connectivity index (χ2v) is 5.12. The summed E-state index contributed by atoms with van der Waals surface area (Å²) in [6.45, 7) is 5.64. The molecule has 0 radical (unpaired) electrons. The molecule has 1 aromatic carbocycles. The molecule has 0 spiro atoms.